The standard InChI is InChI=1S/C12H14FO2/c1-2-3-4-6-9-10(12(14)15)7-5-8-11(9)13/h2,5,7-8H,3-4,6H2,1H3,(H,14,15). The van der Waals surface area contributed by atoms with Crippen molar-refractivity contribution in [2.75, 3.05) is 0 Å². The van der Waals surface area contributed by atoms with Gasteiger partial charge in [-0.1, -0.05) is 19.4 Å². The van der Waals surface area contributed by atoms with Crippen LogP contribution < -0.4 is 0 Å². The Morgan fingerprint density at radius 3 is 2.87 bits per heavy atom. The predicted octanol–water partition coefficient (Wildman–Crippen LogP) is 3.07. The largest absolute Gasteiger partial charge is 0.478 e. The molecule has 0 aliphatic heterocycles. The van der Waals surface area contributed by atoms with E-state index in [-0.39, 0.29) is 5.56 Å². The molecule has 0 amide bonds. The van der Waals surface area contributed by atoms with E-state index in [1.165, 1.54) is 18.2 Å². The van der Waals surface area contributed by atoms with Crippen molar-refractivity contribution in [2.45, 2.75) is 26.2 Å². The van der Waals surface area contributed by atoms with Gasteiger partial charge in [0.2, 0.25) is 0 Å². The first-order chi connectivity index (χ1) is 7.16. The molecule has 0 heterocycles. The van der Waals surface area contributed by atoms with Gasteiger partial charge in [0.05, 0.1) is 5.56 Å². The van der Waals surface area contributed by atoms with Crippen LogP contribution in [0.5, 0.6) is 0 Å². The van der Waals surface area contributed by atoms with E-state index < -0.39 is 11.8 Å². The van der Waals surface area contributed by atoms with Crippen molar-refractivity contribution in [1.82, 2.24) is 0 Å². The minimum Gasteiger partial charge on any atom is -0.478 e. The number of benzene rings is 1. The van der Waals surface area contributed by atoms with Crippen LogP contribution >= 0.6 is 0 Å². The minimum absolute atomic E-state index is 0.0751. The Balaban J connectivity index is 2.87. The lowest BCUT2D eigenvalue weighted by atomic mass is 10.0. The van der Waals surface area contributed by atoms with Gasteiger partial charge in [-0.05, 0) is 31.4 Å². The number of rotatable bonds is 5. The van der Waals surface area contributed by atoms with Gasteiger partial charge in [-0.3, -0.25) is 0 Å². The van der Waals surface area contributed by atoms with Crippen molar-refractivity contribution in [3.05, 3.63) is 41.6 Å². The van der Waals surface area contributed by atoms with Gasteiger partial charge in [-0.25, -0.2) is 9.18 Å². The van der Waals surface area contributed by atoms with E-state index in [9.17, 15) is 9.18 Å². The van der Waals surface area contributed by atoms with Crippen molar-refractivity contribution < 1.29 is 14.3 Å². The molecule has 1 aromatic rings. The molecule has 0 saturated heterocycles. The Morgan fingerprint density at radius 2 is 2.27 bits per heavy atom. The monoisotopic (exact) mass is 209 g/mol. The van der Waals surface area contributed by atoms with E-state index in [1.54, 1.807) is 0 Å². The lowest BCUT2D eigenvalue weighted by Gasteiger charge is -2.06. The summed E-state index contributed by atoms with van der Waals surface area (Å²) in [5.41, 5.74) is 0.387. The summed E-state index contributed by atoms with van der Waals surface area (Å²) in [6, 6.07) is 4.17. The molecular formula is C12H14FO2. The van der Waals surface area contributed by atoms with E-state index in [1.807, 2.05) is 13.3 Å². The van der Waals surface area contributed by atoms with Crippen molar-refractivity contribution in [3.63, 3.8) is 0 Å². The second-order valence-electron chi connectivity index (χ2n) is 3.37. The second kappa shape index (κ2) is 5.49. The number of carbonyl (C=O) groups is 1. The Hall–Kier alpha value is -1.38. The van der Waals surface area contributed by atoms with Gasteiger partial charge in [-0.2, -0.15) is 0 Å². The molecule has 0 atom stereocenters. The van der Waals surface area contributed by atoms with Gasteiger partial charge in [0.25, 0.3) is 0 Å². The summed E-state index contributed by atoms with van der Waals surface area (Å²) in [5.74, 6) is -1.49. The van der Waals surface area contributed by atoms with Crippen molar-refractivity contribution in [1.29, 1.82) is 0 Å². The summed E-state index contributed by atoms with van der Waals surface area (Å²) in [4.78, 5) is 10.8. The summed E-state index contributed by atoms with van der Waals surface area (Å²) in [5, 5.41) is 8.87. The first-order valence-corrected chi connectivity index (χ1v) is 4.95. The predicted molar refractivity (Wildman–Crippen MR) is 56.3 cm³/mol. The van der Waals surface area contributed by atoms with Gasteiger partial charge >= 0.3 is 5.97 Å². The molecule has 81 valence electrons. The molecule has 15 heavy (non-hydrogen) atoms. The van der Waals surface area contributed by atoms with E-state index in [4.69, 9.17) is 5.11 Å². The molecule has 1 rings (SSSR count). The highest BCUT2D eigenvalue weighted by Crippen LogP contribution is 2.16. The van der Waals surface area contributed by atoms with E-state index in [2.05, 4.69) is 0 Å². The molecule has 0 bridgehead atoms. The average Bonchev–Trinajstić information content (AvgIpc) is 2.20. The van der Waals surface area contributed by atoms with Crippen molar-refractivity contribution in [3.8, 4) is 0 Å². The molecule has 0 fully saturated rings. The second-order valence-corrected chi connectivity index (χ2v) is 3.37. The lowest BCUT2D eigenvalue weighted by molar-refractivity contribution is 0.0695. The maximum atomic E-state index is 13.4. The molecule has 2 nitrogen and oxygen atoms in total. The minimum atomic E-state index is -1.06. The number of aromatic carboxylic acids is 1. The Kier molecular flexibility index (Phi) is 4.28. The third-order valence-corrected chi connectivity index (χ3v) is 2.27. The zero-order valence-electron chi connectivity index (χ0n) is 8.66. The van der Waals surface area contributed by atoms with Crippen LogP contribution in [-0.2, 0) is 6.42 Å². The molecule has 3 heteroatoms. The Morgan fingerprint density at radius 1 is 1.53 bits per heavy atom. The van der Waals surface area contributed by atoms with Gasteiger partial charge in [0.15, 0.2) is 0 Å². The maximum absolute atomic E-state index is 13.4. The van der Waals surface area contributed by atoms with Crippen molar-refractivity contribution >= 4 is 5.97 Å². The van der Waals surface area contributed by atoms with E-state index >= 15 is 0 Å². The normalized spacial score (nSPS) is 10.3. The first kappa shape index (κ1) is 11.7. The fraction of sp³-hybridized carbons (Fsp3) is 0.333. The third kappa shape index (κ3) is 3.05. The van der Waals surface area contributed by atoms with E-state index in [0.29, 0.717) is 12.0 Å². The van der Waals surface area contributed by atoms with Gasteiger partial charge in [0, 0.05) is 5.56 Å². The molecule has 1 radical (unpaired) electrons. The fourth-order valence-corrected chi connectivity index (χ4v) is 1.50. The summed E-state index contributed by atoms with van der Waals surface area (Å²) < 4.78 is 13.4. The maximum Gasteiger partial charge on any atom is 0.336 e. The van der Waals surface area contributed by atoms with Gasteiger partial charge in [-0.15, -0.1) is 0 Å². The molecule has 0 aliphatic rings. The first-order valence-electron chi connectivity index (χ1n) is 4.95. The van der Waals surface area contributed by atoms with Crippen LogP contribution in [0.2, 0.25) is 0 Å². The summed E-state index contributed by atoms with van der Waals surface area (Å²) in [6.45, 7) is 1.93. The highest BCUT2D eigenvalue weighted by atomic mass is 19.1. The zero-order chi connectivity index (χ0) is 11.3. The molecule has 0 aliphatic carbocycles. The summed E-state index contributed by atoms with van der Waals surface area (Å²) in [7, 11) is 0. The number of halogens is 1. The Bertz CT molecular complexity index is 347. The SMILES string of the molecule is C[CH]CCCc1c(F)cccc1C(=O)O. The van der Waals surface area contributed by atoms with Crippen LogP contribution in [-0.4, -0.2) is 11.1 Å². The van der Waals surface area contributed by atoms with Crippen LogP contribution in [0, 0.1) is 12.2 Å². The molecule has 0 aromatic heterocycles. The highest BCUT2D eigenvalue weighted by Gasteiger charge is 2.13. The molecular weight excluding hydrogens is 195 g/mol. The summed E-state index contributed by atoms with van der Waals surface area (Å²) >= 11 is 0. The topological polar surface area (TPSA) is 37.3 Å². The summed E-state index contributed by atoms with van der Waals surface area (Å²) in [6.07, 6.45) is 4.10. The van der Waals surface area contributed by atoms with Crippen LogP contribution in [0.3, 0.4) is 0 Å². The zero-order valence-corrected chi connectivity index (χ0v) is 8.66. The number of hydrogen-bond donors (Lipinski definition) is 1. The number of carboxylic acid groups (broad SMARTS) is 1. The Labute approximate surface area is 88.7 Å². The molecule has 1 aromatic carbocycles. The van der Waals surface area contributed by atoms with Crippen LogP contribution in [0.1, 0.15) is 35.7 Å². The van der Waals surface area contributed by atoms with Crippen molar-refractivity contribution in [2.24, 2.45) is 0 Å². The van der Waals surface area contributed by atoms with E-state index in [0.717, 1.165) is 12.8 Å². The quantitative estimate of drug-likeness (QED) is 0.757. The number of unbranched alkanes of at least 4 members (excludes halogenated alkanes) is 2. The highest BCUT2D eigenvalue weighted by molar-refractivity contribution is 5.89. The smallest absolute Gasteiger partial charge is 0.336 e. The fourth-order valence-electron chi connectivity index (χ4n) is 1.50. The lowest BCUT2D eigenvalue weighted by Crippen LogP contribution is -2.05. The number of hydrogen-bond acceptors (Lipinski definition) is 1. The van der Waals surface area contributed by atoms with Crippen LogP contribution in [0.4, 0.5) is 4.39 Å². The van der Waals surface area contributed by atoms with Gasteiger partial charge < -0.3 is 5.11 Å². The molecule has 0 spiro atoms. The van der Waals surface area contributed by atoms with Gasteiger partial charge in [0.1, 0.15) is 5.82 Å². The molecule has 1 N–H and O–H groups in total. The van der Waals surface area contributed by atoms with Crippen LogP contribution in [0.25, 0.3) is 0 Å². The third-order valence-electron chi connectivity index (χ3n) is 2.27. The number of carboxylic acids is 1. The van der Waals surface area contributed by atoms with Crippen LogP contribution in [0.15, 0.2) is 18.2 Å². The average molecular weight is 209 g/mol. The molecule has 0 unspecified atom stereocenters. The molecule has 0 saturated carbocycles.